The highest BCUT2D eigenvalue weighted by molar-refractivity contribution is 8.00. The molecule has 0 saturated heterocycles. The van der Waals surface area contributed by atoms with Crippen molar-refractivity contribution in [2.75, 3.05) is 0 Å². The molecule has 1 saturated carbocycles. The van der Waals surface area contributed by atoms with Gasteiger partial charge in [-0.1, -0.05) is 57.5 Å². The summed E-state index contributed by atoms with van der Waals surface area (Å²) in [5.41, 5.74) is 1.29. The molecule has 1 heterocycles. The molecule has 1 atom stereocenters. The molecular formula is C23H34N4O2S. The molecule has 1 fully saturated rings. The largest absolute Gasteiger partial charge is 0.486 e. The zero-order chi connectivity index (χ0) is 21.5. The summed E-state index contributed by atoms with van der Waals surface area (Å²) in [4.78, 5) is 12.6. The van der Waals surface area contributed by atoms with Crippen LogP contribution < -0.4 is 10.1 Å². The van der Waals surface area contributed by atoms with E-state index < -0.39 is 0 Å². The quantitative estimate of drug-likeness (QED) is 0.557. The number of ether oxygens (including phenoxy) is 1. The van der Waals surface area contributed by atoms with Gasteiger partial charge in [0.05, 0.1) is 5.25 Å². The zero-order valence-corrected chi connectivity index (χ0v) is 19.4. The Kier molecular flexibility index (Phi) is 8.19. The van der Waals surface area contributed by atoms with Crippen LogP contribution in [0, 0.1) is 5.92 Å². The number of thioether (sulfide) groups is 1. The lowest BCUT2D eigenvalue weighted by Crippen LogP contribution is -2.37. The van der Waals surface area contributed by atoms with Crippen molar-refractivity contribution in [3.05, 3.63) is 35.7 Å². The number of nitrogens with one attached hydrogen (secondary N) is 1. The zero-order valence-electron chi connectivity index (χ0n) is 18.6. The minimum atomic E-state index is -0.212. The number of aryl methyl sites for hydroxylation is 1. The summed E-state index contributed by atoms with van der Waals surface area (Å²) in [7, 11) is 0. The molecular weight excluding hydrogens is 396 g/mol. The van der Waals surface area contributed by atoms with Gasteiger partial charge in [0.25, 0.3) is 0 Å². The maximum Gasteiger partial charge on any atom is 0.233 e. The minimum absolute atomic E-state index is 0.0832. The summed E-state index contributed by atoms with van der Waals surface area (Å²) >= 11 is 1.47. The Hall–Kier alpha value is -2.02. The summed E-state index contributed by atoms with van der Waals surface area (Å²) in [6.45, 7) is 9.55. The molecule has 30 heavy (non-hydrogen) atoms. The van der Waals surface area contributed by atoms with E-state index in [0.29, 0.717) is 18.6 Å². The first-order chi connectivity index (χ1) is 14.5. The van der Waals surface area contributed by atoms with E-state index in [1.807, 2.05) is 19.1 Å². The van der Waals surface area contributed by atoms with Gasteiger partial charge in [-0.15, -0.1) is 10.2 Å². The van der Waals surface area contributed by atoms with E-state index in [1.54, 1.807) is 0 Å². The number of aromatic nitrogens is 3. The topological polar surface area (TPSA) is 69.0 Å². The fraction of sp³-hybridized carbons (Fsp3) is 0.609. The lowest BCUT2D eigenvalue weighted by Gasteiger charge is -2.17. The number of hydrogen-bond donors (Lipinski definition) is 1. The van der Waals surface area contributed by atoms with Gasteiger partial charge in [-0.2, -0.15) is 0 Å². The summed E-state index contributed by atoms with van der Waals surface area (Å²) in [6.07, 6.45) is 5.61. The van der Waals surface area contributed by atoms with Crippen molar-refractivity contribution in [2.24, 2.45) is 5.92 Å². The van der Waals surface area contributed by atoms with Crippen LogP contribution in [0.1, 0.15) is 64.8 Å². The fourth-order valence-corrected chi connectivity index (χ4v) is 4.52. The highest BCUT2D eigenvalue weighted by atomic mass is 32.2. The number of amides is 1. The molecule has 1 aromatic heterocycles. The van der Waals surface area contributed by atoms with Crippen molar-refractivity contribution in [1.82, 2.24) is 20.1 Å². The SMILES string of the molecule is CCc1ccc(OCc2nnc(SC(C)C(=O)NC3CCCC3)n2CC(C)C)cc1. The van der Waals surface area contributed by atoms with Gasteiger partial charge in [-0.25, -0.2) is 0 Å². The third-order valence-corrected chi connectivity index (χ3v) is 6.47. The van der Waals surface area contributed by atoms with Gasteiger partial charge in [0.1, 0.15) is 12.4 Å². The van der Waals surface area contributed by atoms with Crippen LogP contribution in [0.3, 0.4) is 0 Å². The van der Waals surface area contributed by atoms with Crippen LogP contribution >= 0.6 is 11.8 Å². The number of benzene rings is 1. The molecule has 1 aromatic carbocycles. The van der Waals surface area contributed by atoms with Gasteiger partial charge in [0.2, 0.25) is 5.91 Å². The fourth-order valence-electron chi connectivity index (χ4n) is 3.63. The molecule has 1 amide bonds. The van der Waals surface area contributed by atoms with E-state index in [9.17, 15) is 4.79 Å². The Morgan fingerprint density at radius 2 is 1.90 bits per heavy atom. The molecule has 0 spiro atoms. The molecule has 0 bridgehead atoms. The minimum Gasteiger partial charge on any atom is -0.486 e. The Morgan fingerprint density at radius 1 is 1.20 bits per heavy atom. The van der Waals surface area contributed by atoms with E-state index in [2.05, 4.69) is 53.0 Å². The summed E-state index contributed by atoms with van der Waals surface area (Å²) in [5.74, 6) is 2.13. The van der Waals surface area contributed by atoms with Crippen LogP contribution in [0.4, 0.5) is 0 Å². The number of carbonyl (C=O) groups excluding carboxylic acids is 1. The van der Waals surface area contributed by atoms with Gasteiger partial charge in [0.15, 0.2) is 11.0 Å². The average Bonchev–Trinajstić information content (AvgIpc) is 3.37. The Balaban J connectivity index is 1.65. The highest BCUT2D eigenvalue weighted by Crippen LogP contribution is 2.25. The molecule has 6 nitrogen and oxygen atoms in total. The van der Waals surface area contributed by atoms with Gasteiger partial charge in [0, 0.05) is 12.6 Å². The molecule has 0 aliphatic heterocycles. The second-order valence-electron chi connectivity index (χ2n) is 8.44. The van der Waals surface area contributed by atoms with E-state index in [1.165, 1.54) is 30.2 Å². The first kappa shape index (κ1) is 22.7. The van der Waals surface area contributed by atoms with Crippen molar-refractivity contribution in [3.8, 4) is 5.75 Å². The molecule has 3 rings (SSSR count). The number of carbonyl (C=O) groups is 1. The van der Waals surface area contributed by atoms with Crippen molar-refractivity contribution in [2.45, 2.75) is 89.4 Å². The van der Waals surface area contributed by atoms with Gasteiger partial charge >= 0.3 is 0 Å². The molecule has 7 heteroatoms. The summed E-state index contributed by atoms with van der Waals surface area (Å²) in [6, 6.07) is 8.48. The van der Waals surface area contributed by atoms with Crippen LogP contribution in [0.15, 0.2) is 29.4 Å². The van der Waals surface area contributed by atoms with E-state index >= 15 is 0 Å². The van der Waals surface area contributed by atoms with Gasteiger partial charge < -0.3 is 14.6 Å². The molecule has 164 valence electrons. The standard InChI is InChI=1S/C23H34N4O2S/c1-5-18-10-12-20(13-11-18)29-15-21-25-26-23(27(21)14-16(2)3)30-17(4)22(28)24-19-8-6-7-9-19/h10-13,16-17,19H,5-9,14-15H2,1-4H3,(H,24,28). The predicted molar refractivity (Wildman–Crippen MR) is 121 cm³/mol. The monoisotopic (exact) mass is 430 g/mol. The van der Waals surface area contributed by atoms with E-state index in [-0.39, 0.29) is 11.2 Å². The maximum atomic E-state index is 12.6. The summed E-state index contributed by atoms with van der Waals surface area (Å²) < 4.78 is 8.05. The smallest absolute Gasteiger partial charge is 0.233 e. The maximum absolute atomic E-state index is 12.6. The van der Waals surface area contributed by atoms with E-state index in [4.69, 9.17) is 4.74 Å². The summed E-state index contributed by atoms with van der Waals surface area (Å²) in [5, 5.41) is 12.5. The number of nitrogens with zero attached hydrogens (tertiary/aromatic N) is 3. The van der Waals surface area contributed by atoms with Crippen molar-refractivity contribution >= 4 is 17.7 Å². The van der Waals surface area contributed by atoms with Crippen molar-refractivity contribution < 1.29 is 9.53 Å². The molecule has 1 unspecified atom stereocenters. The second kappa shape index (κ2) is 10.8. The first-order valence-electron chi connectivity index (χ1n) is 11.1. The van der Waals surface area contributed by atoms with Gasteiger partial charge in [-0.05, 0) is 49.8 Å². The predicted octanol–water partition coefficient (Wildman–Crippen LogP) is 4.61. The second-order valence-corrected chi connectivity index (χ2v) is 9.75. The normalized spacial score (nSPS) is 15.5. The third-order valence-electron chi connectivity index (χ3n) is 5.39. The van der Waals surface area contributed by atoms with Crippen LogP contribution in [-0.2, 0) is 24.4 Å². The Bertz CT molecular complexity index is 813. The van der Waals surface area contributed by atoms with Gasteiger partial charge in [-0.3, -0.25) is 4.79 Å². The highest BCUT2D eigenvalue weighted by Gasteiger charge is 2.24. The Morgan fingerprint density at radius 3 is 2.53 bits per heavy atom. The first-order valence-corrected chi connectivity index (χ1v) is 11.9. The van der Waals surface area contributed by atoms with E-state index in [0.717, 1.165) is 42.5 Å². The van der Waals surface area contributed by atoms with Crippen molar-refractivity contribution in [3.63, 3.8) is 0 Å². The van der Waals surface area contributed by atoms with Crippen LogP contribution in [0.5, 0.6) is 5.75 Å². The number of rotatable bonds is 10. The third kappa shape index (κ3) is 6.24. The molecule has 1 N–H and O–H groups in total. The average molecular weight is 431 g/mol. The molecule has 0 radical (unpaired) electrons. The van der Waals surface area contributed by atoms with Crippen molar-refractivity contribution in [1.29, 1.82) is 0 Å². The molecule has 1 aliphatic carbocycles. The molecule has 1 aliphatic rings. The van der Waals surface area contributed by atoms with Crippen LogP contribution in [0.25, 0.3) is 0 Å². The molecule has 2 aromatic rings. The number of hydrogen-bond acceptors (Lipinski definition) is 5. The lowest BCUT2D eigenvalue weighted by molar-refractivity contribution is -0.120. The Labute approximate surface area is 184 Å². The van der Waals surface area contributed by atoms with Crippen LogP contribution in [0.2, 0.25) is 0 Å². The van der Waals surface area contributed by atoms with Crippen LogP contribution in [-0.4, -0.2) is 32.0 Å². The lowest BCUT2D eigenvalue weighted by atomic mass is 10.2.